The van der Waals surface area contributed by atoms with Crippen LogP contribution in [0.15, 0.2) is 18.2 Å². The number of nitrogens with one attached hydrogen (secondary N) is 1. The summed E-state index contributed by atoms with van der Waals surface area (Å²) in [5.41, 5.74) is 5.19. The molecule has 31 heavy (non-hydrogen) atoms. The molecule has 10 heteroatoms. The number of hydrazine groups is 1. The van der Waals surface area contributed by atoms with Crippen molar-refractivity contribution in [2.75, 3.05) is 25.1 Å². The molecule has 5 nitrogen and oxygen atoms in total. The number of ether oxygens (including phenoxy) is 1. The molecule has 1 aromatic rings. The molecule has 1 atom stereocenters. The van der Waals surface area contributed by atoms with Crippen LogP contribution in [0.3, 0.4) is 0 Å². The minimum absolute atomic E-state index is 0.330. The summed E-state index contributed by atoms with van der Waals surface area (Å²) in [6.07, 6.45) is 4.33. The molecule has 0 aliphatic rings. The van der Waals surface area contributed by atoms with Gasteiger partial charge in [-0.2, -0.15) is 0 Å². The van der Waals surface area contributed by atoms with Gasteiger partial charge in [-0.05, 0) is 43.1 Å². The Kier molecular flexibility index (Phi) is 13.7. The number of hydrogen-bond acceptors (Lipinski definition) is 4. The van der Waals surface area contributed by atoms with E-state index in [4.69, 9.17) is 4.74 Å². The SMILES string of the molecule is CCCN(CCC)Nc1ccc([N+]#N)c(OCCC(C)CC(C)(C)C)c1.F[PH-](F)(F)F. The van der Waals surface area contributed by atoms with Crippen molar-refractivity contribution in [2.24, 2.45) is 11.3 Å². The van der Waals surface area contributed by atoms with Crippen LogP contribution in [0, 0.1) is 16.7 Å². The van der Waals surface area contributed by atoms with Gasteiger partial charge >= 0.3 is 31.0 Å². The Bertz CT molecular complexity index is 663. The fraction of sp³-hybridized carbons (Fsp3) is 0.714. The number of anilines is 1. The summed E-state index contributed by atoms with van der Waals surface area (Å²) in [7, 11) is -6.61. The van der Waals surface area contributed by atoms with Crippen LogP contribution in [0.5, 0.6) is 5.75 Å². The second-order valence-corrected chi connectivity index (χ2v) is 9.67. The van der Waals surface area contributed by atoms with Crippen molar-refractivity contribution in [2.45, 2.75) is 67.2 Å². The molecule has 0 saturated heterocycles. The monoisotopic (exact) mass is 469 g/mol. The molecule has 0 saturated carbocycles. The van der Waals surface area contributed by atoms with Crippen LogP contribution in [0.1, 0.15) is 67.2 Å². The van der Waals surface area contributed by atoms with E-state index in [0.29, 0.717) is 29.4 Å². The molecule has 0 heterocycles. The molecule has 1 N–H and O–H groups in total. The van der Waals surface area contributed by atoms with E-state index >= 15 is 0 Å². The Labute approximate surface area is 185 Å². The number of rotatable bonds is 11. The fourth-order valence-electron chi connectivity index (χ4n) is 3.25. The standard InChI is InChI=1S/C21H37N4O.F4HP/c1-7-12-25(13-8-2)24-18-9-10-19(23-22)20(15-18)26-14-11-17(3)16-21(4,5)6;1-5(2,3)4/h9-10,15,17,24H,7-8,11-14,16H2,1-6H3;5H/q+1;-1. The molecule has 0 aliphatic carbocycles. The Balaban J connectivity index is 0.00000161. The molecule has 0 aromatic heterocycles. The second-order valence-electron chi connectivity index (χ2n) is 8.82. The molecule has 0 amide bonds. The van der Waals surface area contributed by atoms with Crippen molar-refractivity contribution < 1.29 is 21.5 Å². The minimum atomic E-state index is -6.61. The van der Waals surface area contributed by atoms with E-state index in [9.17, 15) is 22.2 Å². The topological polar surface area (TPSA) is 52.7 Å². The second kappa shape index (κ2) is 14.4. The Hall–Kier alpha value is -1.65. The summed E-state index contributed by atoms with van der Waals surface area (Å²) in [6, 6.07) is 5.62. The Morgan fingerprint density at radius 2 is 1.68 bits per heavy atom. The van der Waals surface area contributed by atoms with Crippen LogP contribution >= 0.6 is 8.51 Å². The van der Waals surface area contributed by atoms with Gasteiger partial charge in [-0.15, -0.1) is 0 Å². The van der Waals surface area contributed by atoms with Crippen LogP contribution in [0.2, 0.25) is 0 Å². The summed E-state index contributed by atoms with van der Waals surface area (Å²) in [4.78, 5) is 3.35. The number of hydrogen-bond donors (Lipinski definition) is 1. The third-order valence-corrected chi connectivity index (χ3v) is 4.17. The molecule has 0 spiro atoms. The van der Waals surface area contributed by atoms with Crippen molar-refractivity contribution in [1.82, 2.24) is 5.01 Å². The van der Waals surface area contributed by atoms with Crippen LogP contribution in [0.25, 0.3) is 4.98 Å². The quantitative estimate of drug-likeness (QED) is 0.152. The summed E-state index contributed by atoms with van der Waals surface area (Å²) < 4.78 is 45.2. The molecule has 1 aromatic carbocycles. The summed E-state index contributed by atoms with van der Waals surface area (Å²) in [5, 5.41) is 11.4. The van der Waals surface area contributed by atoms with Crippen molar-refractivity contribution in [1.29, 1.82) is 5.39 Å². The van der Waals surface area contributed by atoms with Gasteiger partial charge in [0.15, 0.2) is 4.98 Å². The van der Waals surface area contributed by atoms with Gasteiger partial charge in [0.05, 0.1) is 12.3 Å². The van der Waals surface area contributed by atoms with Crippen LogP contribution in [-0.2, 0) is 0 Å². The van der Waals surface area contributed by atoms with E-state index in [1.54, 1.807) is 6.07 Å². The average Bonchev–Trinajstić information content (AvgIpc) is 2.59. The van der Waals surface area contributed by atoms with E-state index < -0.39 is 8.51 Å². The third-order valence-electron chi connectivity index (χ3n) is 4.17. The first-order valence-corrected chi connectivity index (χ1v) is 12.2. The van der Waals surface area contributed by atoms with Crippen LogP contribution in [0.4, 0.5) is 28.2 Å². The van der Waals surface area contributed by atoms with Gasteiger partial charge in [0.25, 0.3) is 0 Å². The number of benzene rings is 1. The first kappa shape index (κ1) is 29.3. The molecule has 1 unspecified atom stereocenters. The predicted molar refractivity (Wildman–Crippen MR) is 123 cm³/mol. The summed E-state index contributed by atoms with van der Waals surface area (Å²) in [5.74, 6) is 1.21. The van der Waals surface area contributed by atoms with E-state index in [1.165, 1.54) is 0 Å². The maximum absolute atomic E-state index is 9.83. The number of nitrogens with zero attached hydrogens (tertiary/aromatic N) is 3. The maximum atomic E-state index is 9.83. The molecule has 0 radical (unpaired) electrons. The molecular weight excluding hydrogens is 431 g/mol. The molecule has 0 aliphatic heterocycles. The van der Waals surface area contributed by atoms with Crippen LogP contribution < -0.4 is 10.2 Å². The zero-order chi connectivity index (χ0) is 24.1. The zero-order valence-electron chi connectivity index (χ0n) is 19.5. The van der Waals surface area contributed by atoms with Gasteiger partial charge in [-0.1, -0.05) is 41.5 Å². The van der Waals surface area contributed by atoms with Crippen molar-refractivity contribution in [3.05, 3.63) is 23.2 Å². The van der Waals surface area contributed by atoms with Crippen molar-refractivity contribution >= 4 is 19.9 Å². The molecule has 0 bridgehead atoms. The Morgan fingerprint density at radius 3 is 2.13 bits per heavy atom. The van der Waals surface area contributed by atoms with Crippen LogP contribution in [-0.4, -0.2) is 24.7 Å². The number of diazo groups is 1. The van der Waals surface area contributed by atoms with Crippen molar-refractivity contribution in [3.8, 4) is 5.75 Å². The van der Waals surface area contributed by atoms with E-state index in [0.717, 1.165) is 44.5 Å². The van der Waals surface area contributed by atoms with Gasteiger partial charge < -0.3 is 10.2 Å². The first-order valence-electron chi connectivity index (χ1n) is 10.7. The van der Waals surface area contributed by atoms with Gasteiger partial charge in [-0.25, -0.2) is 5.01 Å². The van der Waals surface area contributed by atoms with Crippen molar-refractivity contribution in [3.63, 3.8) is 0 Å². The summed E-state index contributed by atoms with van der Waals surface area (Å²) in [6.45, 7) is 16.0. The van der Waals surface area contributed by atoms with E-state index in [1.807, 2.05) is 12.1 Å². The molecular formula is C21H38F4N4OP. The van der Waals surface area contributed by atoms with Gasteiger partial charge in [0.1, 0.15) is 0 Å². The predicted octanol–water partition coefficient (Wildman–Crippen LogP) is 8.74. The van der Waals surface area contributed by atoms with E-state index in [-0.39, 0.29) is 0 Å². The van der Waals surface area contributed by atoms with Gasteiger partial charge in [-0.3, -0.25) is 0 Å². The first-order chi connectivity index (χ1) is 14.3. The van der Waals surface area contributed by atoms with E-state index in [2.05, 4.69) is 57.0 Å². The van der Waals surface area contributed by atoms with Gasteiger partial charge in [0, 0.05) is 25.2 Å². The average molecular weight is 470 g/mol. The molecule has 0 fully saturated rings. The fourth-order valence-corrected chi connectivity index (χ4v) is 3.25. The normalized spacial score (nSPS) is 13.1. The molecule has 181 valence electrons. The molecule has 1 rings (SSSR count). The zero-order valence-corrected chi connectivity index (χ0v) is 20.5. The Morgan fingerprint density at radius 1 is 1.13 bits per heavy atom. The van der Waals surface area contributed by atoms with Gasteiger partial charge in [0.2, 0.25) is 11.1 Å². The summed E-state index contributed by atoms with van der Waals surface area (Å²) >= 11 is 0. The number of halogens is 4. The third kappa shape index (κ3) is 16.7.